The summed E-state index contributed by atoms with van der Waals surface area (Å²) in [6.45, 7) is 2.78. The van der Waals surface area contributed by atoms with E-state index >= 15 is 0 Å². The van der Waals surface area contributed by atoms with E-state index in [9.17, 15) is 5.26 Å². The minimum Gasteiger partial charge on any atom is -0.490 e. The summed E-state index contributed by atoms with van der Waals surface area (Å²) in [7, 11) is 0. The zero-order chi connectivity index (χ0) is 27.9. The number of halogens is 2. The molecule has 5 aromatic rings. The molecule has 7 heteroatoms. The Bertz CT molecular complexity index is 1680. The van der Waals surface area contributed by atoms with Gasteiger partial charge in [0.05, 0.1) is 10.2 Å². The lowest BCUT2D eigenvalue weighted by Gasteiger charge is -2.14. The highest BCUT2D eigenvalue weighted by Gasteiger charge is 2.22. The van der Waals surface area contributed by atoms with Gasteiger partial charge >= 0.3 is 0 Å². The van der Waals surface area contributed by atoms with Crippen molar-refractivity contribution in [3.8, 4) is 40.0 Å². The number of hydrogen-bond donors (Lipinski definition) is 0. The van der Waals surface area contributed by atoms with Gasteiger partial charge in [-0.2, -0.15) is 5.26 Å². The molecule has 4 aromatic carbocycles. The second-order valence-electron chi connectivity index (χ2n) is 8.77. The maximum atomic E-state index is 10.2. The lowest BCUT2D eigenvalue weighted by atomic mass is 9.98. The fourth-order valence-electron chi connectivity index (χ4n) is 4.22. The Morgan fingerprint density at radius 2 is 1.60 bits per heavy atom. The summed E-state index contributed by atoms with van der Waals surface area (Å²) in [5.74, 6) is 2.12. The van der Waals surface area contributed by atoms with Crippen LogP contribution in [-0.2, 0) is 6.61 Å². The Kier molecular flexibility index (Phi) is 8.84. The van der Waals surface area contributed by atoms with E-state index in [1.807, 2.05) is 104 Å². The number of hydrogen-bond acceptors (Lipinski definition) is 5. The van der Waals surface area contributed by atoms with Crippen molar-refractivity contribution in [1.82, 2.24) is 0 Å². The highest BCUT2D eigenvalue weighted by atomic mass is 127. The Labute approximate surface area is 251 Å². The van der Waals surface area contributed by atoms with Crippen molar-refractivity contribution in [1.29, 1.82) is 5.26 Å². The Morgan fingerprint density at radius 3 is 2.25 bits per heavy atom. The zero-order valence-electron chi connectivity index (χ0n) is 21.6. The third kappa shape index (κ3) is 6.22. The summed E-state index contributed by atoms with van der Waals surface area (Å²) in [4.78, 5) is 4.63. The third-order valence-corrected chi connectivity index (χ3v) is 7.11. The van der Waals surface area contributed by atoms with Crippen molar-refractivity contribution in [3.05, 3.63) is 122 Å². The van der Waals surface area contributed by atoms with Gasteiger partial charge in [0.1, 0.15) is 24.0 Å². The number of benzene rings is 4. The molecule has 0 saturated carbocycles. The highest BCUT2D eigenvalue weighted by Crippen LogP contribution is 2.42. The summed E-state index contributed by atoms with van der Waals surface area (Å²) in [5.41, 5.74) is 4.64. The van der Waals surface area contributed by atoms with E-state index in [2.05, 4.69) is 33.7 Å². The monoisotopic (exact) mass is 658 g/mol. The summed E-state index contributed by atoms with van der Waals surface area (Å²) < 4.78 is 19.2. The van der Waals surface area contributed by atoms with Gasteiger partial charge in [-0.05, 0) is 70.5 Å². The summed E-state index contributed by atoms with van der Waals surface area (Å²) in [5, 5.41) is 10.8. The van der Waals surface area contributed by atoms with E-state index in [1.54, 1.807) is 6.21 Å². The molecule has 0 N–H and O–H groups in total. The fraction of sp³-hybridized carbons (Fsp3) is 0.0909. The molecule has 0 aliphatic heterocycles. The first-order chi connectivity index (χ1) is 19.6. The van der Waals surface area contributed by atoms with E-state index < -0.39 is 0 Å². The van der Waals surface area contributed by atoms with Crippen LogP contribution in [0.5, 0.6) is 11.5 Å². The third-order valence-electron chi connectivity index (χ3n) is 6.06. The normalized spacial score (nSPS) is 10.9. The first-order valence-electron chi connectivity index (χ1n) is 12.6. The SMILES string of the molecule is CCOc1cc(C=Nc2oc(-c3ccccc3)c(-c3ccccc3)c2C#N)cc(I)c1OCc1ccc(Cl)cc1. The van der Waals surface area contributed by atoms with Crippen LogP contribution >= 0.6 is 34.2 Å². The molecule has 0 unspecified atom stereocenters. The van der Waals surface area contributed by atoms with Crippen molar-refractivity contribution in [2.75, 3.05) is 6.61 Å². The van der Waals surface area contributed by atoms with Crippen molar-refractivity contribution in [2.45, 2.75) is 13.5 Å². The molecule has 1 aromatic heterocycles. The van der Waals surface area contributed by atoms with Crippen LogP contribution in [0.1, 0.15) is 23.6 Å². The molecule has 1 heterocycles. The van der Waals surface area contributed by atoms with Crippen LogP contribution in [0, 0.1) is 14.9 Å². The van der Waals surface area contributed by atoms with Gasteiger partial charge in [-0.15, -0.1) is 0 Å². The highest BCUT2D eigenvalue weighted by molar-refractivity contribution is 14.1. The molecule has 0 aliphatic rings. The molecule has 0 saturated heterocycles. The maximum absolute atomic E-state index is 10.2. The fourth-order valence-corrected chi connectivity index (χ4v) is 5.13. The van der Waals surface area contributed by atoms with Gasteiger partial charge < -0.3 is 13.9 Å². The van der Waals surface area contributed by atoms with Crippen LogP contribution in [0.2, 0.25) is 5.02 Å². The molecule has 0 radical (unpaired) electrons. The average Bonchev–Trinajstić information content (AvgIpc) is 3.36. The van der Waals surface area contributed by atoms with Crippen LogP contribution in [0.4, 0.5) is 5.88 Å². The second kappa shape index (κ2) is 12.9. The largest absolute Gasteiger partial charge is 0.490 e. The van der Waals surface area contributed by atoms with Crippen molar-refractivity contribution in [3.63, 3.8) is 0 Å². The predicted molar refractivity (Wildman–Crippen MR) is 168 cm³/mol. The smallest absolute Gasteiger partial charge is 0.238 e. The molecule has 0 spiro atoms. The average molecular weight is 659 g/mol. The van der Waals surface area contributed by atoms with Crippen LogP contribution in [-0.4, -0.2) is 12.8 Å². The van der Waals surface area contributed by atoms with E-state index in [4.69, 9.17) is 25.5 Å². The number of furan rings is 1. The van der Waals surface area contributed by atoms with Gasteiger partial charge in [-0.25, -0.2) is 4.99 Å². The number of rotatable bonds is 9. The second-order valence-corrected chi connectivity index (χ2v) is 10.4. The molecule has 198 valence electrons. The quantitative estimate of drug-likeness (QED) is 0.117. The predicted octanol–water partition coefficient (Wildman–Crippen LogP) is 9.47. The van der Waals surface area contributed by atoms with Crippen LogP contribution < -0.4 is 9.47 Å². The molecule has 40 heavy (non-hydrogen) atoms. The lowest BCUT2D eigenvalue weighted by Crippen LogP contribution is -2.02. The number of nitriles is 1. The first kappa shape index (κ1) is 27.5. The van der Waals surface area contributed by atoms with E-state index in [1.165, 1.54) is 0 Å². The van der Waals surface area contributed by atoms with E-state index in [0.717, 1.165) is 31.4 Å². The summed E-state index contributed by atoms with van der Waals surface area (Å²) in [6, 6.07) is 33.2. The van der Waals surface area contributed by atoms with Crippen LogP contribution in [0.3, 0.4) is 0 Å². The lowest BCUT2D eigenvalue weighted by molar-refractivity contribution is 0.267. The van der Waals surface area contributed by atoms with Gasteiger partial charge in [0.2, 0.25) is 5.88 Å². The van der Waals surface area contributed by atoms with Gasteiger partial charge in [0.15, 0.2) is 11.5 Å². The molecule has 5 nitrogen and oxygen atoms in total. The Hall–Kier alpha value is -4.06. The topological polar surface area (TPSA) is 67.8 Å². The molecule has 0 amide bonds. The Morgan fingerprint density at radius 1 is 0.925 bits per heavy atom. The number of ether oxygens (including phenoxy) is 2. The van der Waals surface area contributed by atoms with Gasteiger partial charge in [-0.1, -0.05) is 84.4 Å². The van der Waals surface area contributed by atoms with Crippen molar-refractivity contribution >= 4 is 46.3 Å². The van der Waals surface area contributed by atoms with Gasteiger partial charge in [-0.3, -0.25) is 0 Å². The molecular weight excluding hydrogens is 635 g/mol. The molecule has 5 rings (SSSR count). The number of aliphatic imine (C=N–C) groups is 1. The number of nitrogens with zero attached hydrogens (tertiary/aromatic N) is 2. The van der Waals surface area contributed by atoms with E-state index in [0.29, 0.717) is 41.1 Å². The van der Waals surface area contributed by atoms with Crippen LogP contribution in [0.25, 0.3) is 22.5 Å². The molecule has 0 bridgehead atoms. The molecule has 0 fully saturated rings. The Balaban J connectivity index is 1.50. The standard InChI is InChI=1S/C33H24ClIN2O3/c1-2-38-29-18-23(17-28(35)32(29)39-21-22-13-15-26(34)16-14-22)20-37-33-27(19-36)30(24-9-5-3-6-10-24)31(40-33)25-11-7-4-8-12-25/h3-18,20H,2,21H2,1H3. The maximum Gasteiger partial charge on any atom is 0.238 e. The minimum absolute atomic E-state index is 0.247. The van der Waals surface area contributed by atoms with Crippen molar-refractivity contribution in [2.24, 2.45) is 4.99 Å². The van der Waals surface area contributed by atoms with Gasteiger partial charge in [0.25, 0.3) is 0 Å². The molecular formula is C33H24ClIN2O3. The molecule has 0 aliphatic carbocycles. The van der Waals surface area contributed by atoms with Crippen molar-refractivity contribution < 1.29 is 13.9 Å². The van der Waals surface area contributed by atoms with Gasteiger partial charge in [0, 0.05) is 22.4 Å². The van der Waals surface area contributed by atoms with E-state index in [-0.39, 0.29) is 5.88 Å². The zero-order valence-corrected chi connectivity index (χ0v) is 24.5. The first-order valence-corrected chi connectivity index (χ1v) is 14.1. The van der Waals surface area contributed by atoms with Crippen LogP contribution in [0.15, 0.2) is 106 Å². The summed E-state index contributed by atoms with van der Waals surface area (Å²) in [6.07, 6.45) is 1.68. The molecule has 0 atom stereocenters. The summed E-state index contributed by atoms with van der Waals surface area (Å²) >= 11 is 8.23. The minimum atomic E-state index is 0.247.